The highest BCUT2D eigenvalue weighted by Gasteiger charge is 2.87. The third-order valence-corrected chi connectivity index (χ3v) is 6.43. The number of carboxylic acid groups (broad SMARTS) is 2. The zero-order valence-electron chi connectivity index (χ0n) is 28.5. The van der Waals surface area contributed by atoms with Crippen LogP contribution in [-0.2, 0) is 57.0 Å². The lowest BCUT2D eigenvalue weighted by molar-refractivity contribution is -0.572. The first-order valence-electron chi connectivity index (χ1n) is 15.8. The van der Waals surface area contributed by atoms with Crippen molar-refractivity contribution in [2.75, 3.05) is 66.1 Å². The maximum Gasteiger partial charge on any atom is 0.342 e. The molecule has 44 heavy (non-hydrogen) atoms. The van der Waals surface area contributed by atoms with Gasteiger partial charge in [0, 0.05) is 52.9 Å². The molecule has 0 bridgehead atoms. The molecule has 0 aromatic carbocycles. The first-order valence-corrected chi connectivity index (χ1v) is 15.8. The van der Waals surface area contributed by atoms with E-state index in [9.17, 15) is 19.8 Å². The quantitative estimate of drug-likeness (QED) is 0.110. The van der Waals surface area contributed by atoms with Gasteiger partial charge in [0.25, 0.3) is 11.6 Å². The van der Waals surface area contributed by atoms with Crippen LogP contribution in [0.25, 0.3) is 0 Å². The largest absolute Gasteiger partial charge is 0.481 e. The van der Waals surface area contributed by atoms with Crippen molar-refractivity contribution < 1.29 is 67.2 Å². The lowest BCUT2D eigenvalue weighted by Gasteiger charge is -2.61. The van der Waals surface area contributed by atoms with Gasteiger partial charge in [0.05, 0.1) is 19.6 Å². The topological polar surface area (TPSA) is 167 Å². The van der Waals surface area contributed by atoms with Crippen LogP contribution in [0.4, 0.5) is 0 Å². The van der Waals surface area contributed by atoms with E-state index in [-0.39, 0.29) is 66.1 Å². The van der Waals surface area contributed by atoms with Crippen LogP contribution < -0.4 is 0 Å². The fraction of sp³-hybridized carbons (Fsp3) is 0.933. The Morgan fingerprint density at radius 3 is 0.909 bits per heavy atom. The van der Waals surface area contributed by atoms with Gasteiger partial charge in [-0.1, -0.05) is 13.8 Å². The van der Waals surface area contributed by atoms with E-state index >= 15 is 0 Å². The van der Waals surface area contributed by atoms with Crippen molar-refractivity contribution in [2.24, 2.45) is 5.41 Å². The van der Waals surface area contributed by atoms with Crippen LogP contribution >= 0.6 is 0 Å². The van der Waals surface area contributed by atoms with Crippen molar-refractivity contribution in [1.82, 2.24) is 0 Å². The molecule has 0 spiro atoms. The van der Waals surface area contributed by atoms with Gasteiger partial charge in [0.15, 0.2) is 0 Å². The first-order chi connectivity index (χ1) is 21.0. The lowest BCUT2D eigenvalue weighted by atomic mass is 9.65. The SMILES string of the molecule is CCCOC(OCC)(C(OCC)(OCC)OCC)C(CC(=O)O)(C(=O)O)C(OCC)(OCCC)C(OCC)(OCC)OCC. The molecule has 2 unspecified atom stereocenters. The second kappa shape index (κ2) is 20.6. The maximum atomic E-state index is 14.3. The van der Waals surface area contributed by atoms with Crippen LogP contribution in [0.5, 0.6) is 0 Å². The summed E-state index contributed by atoms with van der Waals surface area (Å²) in [6, 6.07) is 0. The molecule has 0 amide bonds. The Morgan fingerprint density at radius 1 is 0.455 bits per heavy atom. The highest BCUT2D eigenvalue weighted by atomic mass is 16.9. The molecule has 0 saturated carbocycles. The molecular weight excluding hydrogens is 584 g/mol. The number of ether oxygens (including phenoxy) is 10. The highest BCUT2D eigenvalue weighted by Crippen LogP contribution is 2.61. The van der Waals surface area contributed by atoms with Gasteiger partial charge in [0.2, 0.25) is 5.41 Å². The molecule has 0 aliphatic carbocycles. The van der Waals surface area contributed by atoms with E-state index < -0.39 is 47.3 Å². The minimum absolute atomic E-state index is 0.0853. The van der Waals surface area contributed by atoms with Gasteiger partial charge in [-0.3, -0.25) is 9.59 Å². The summed E-state index contributed by atoms with van der Waals surface area (Å²) in [5.41, 5.74) is -3.00. The molecule has 0 fully saturated rings. The van der Waals surface area contributed by atoms with Crippen LogP contribution in [0.15, 0.2) is 0 Å². The fourth-order valence-electron chi connectivity index (χ4n) is 5.34. The summed E-state index contributed by atoms with van der Waals surface area (Å²) in [5, 5.41) is 22.2. The van der Waals surface area contributed by atoms with E-state index in [2.05, 4.69) is 0 Å². The molecule has 14 heteroatoms. The maximum absolute atomic E-state index is 14.3. The van der Waals surface area contributed by atoms with Gasteiger partial charge in [-0.05, 0) is 68.2 Å². The van der Waals surface area contributed by atoms with E-state index in [4.69, 9.17) is 47.4 Å². The molecule has 0 aliphatic heterocycles. The predicted molar refractivity (Wildman–Crippen MR) is 159 cm³/mol. The lowest BCUT2D eigenvalue weighted by Crippen LogP contribution is -2.84. The van der Waals surface area contributed by atoms with Gasteiger partial charge in [0.1, 0.15) is 0 Å². The van der Waals surface area contributed by atoms with Gasteiger partial charge < -0.3 is 57.6 Å². The summed E-state index contributed by atoms with van der Waals surface area (Å²) in [4.78, 5) is 27.4. The minimum atomic E-state index is -3.00. The molecule has 2 atom stereocenters. The molecule has 0 aromatic heterocycles. The molecule has 0 aliphatic rings. The molecule has 262 valence electrons. The third-order valence-electron chi connectivity index (χ3n) is 6.43. The molecule has 0 radical (unpaired) electrons. The summed E-state index contributed by atoms with van der Waals surface area (Å²) >= 11 is 0. The third kappa shape index (κ3) is 8.27. The van der Waals surface area contributed by atoms with Crippen LogP contribution in [0, 0.1) is 5.41 Å². The van der Waals surface area contributed by atoms with E-state index in [0.717, 1.165) is 0 Å². The van der Waals surface area contributed by atoms with Crippen LogP contribution in [-0.4, -0.2) is 112 Å². The fourth-order valence-corrected chi connectivity index (χ4v) is 5.34. The summed E-state index contributed by atoms with van der Waals surface area (Å²) in [6.07, 6.45) is -0.536. The molecule has 0 saturated heterocycles. The Labute approximate surface area is 262 Å². The second-order valence-corrected chi connectivity index (χ2v) is 9.29. The van der Waals surface area contributed by atoms with E-state index in [1.165, 1.54) is 0 Å². The number of carbonyl (C=O) groups is 2. The minimum Gasteiger partial charge on any atom is -0.481 e. The van der Waals surface area contributed by atoms with Gasteiger partial charge in [-0.2, -0.15) is 0 Å². The predicted octanol–water partition coefficient (Wildman–Crippen LogP) is 4.38. The highest BCUT2D eigenvalue weighted by molar-refractivity contribution is 5.84. The monoisotopic (exact) mass is 642 g/mol. The van der Waals surface area contributed by atoms with Gasteiger partial charge in [-0.15, -0.1) is 0 Å². The Kier molecular flexibility index (Phi) is 19.9. The number of carboxylic acids is 2. The average molecular weight is 643 g/mol. The molecule has 2 N–H and O–H groups in total. The smallest absolute Gasteiger partial charge is 0.342 e. The van der Waals surface area contributed by atoms with Crippen molar-refractivity contribution in [3.8, 4) is 0 Å². The number of hydrogen-bond donors (Lipinski definition) is 2. The normalized spacial score (nSPS) is 16.7. The Hall–Kier alpha value is -1.46. The van der Waals surface area contributed by atoms with Gasteiger partial charge >= 0.3 is 23.9 Å². The number of aliphatic carboxylic acids is 2. The molecule has 0 rings (SSSR count). The summed E-state index contributed by atoms with van der Waals surface area (Å²) in [7, 11) is 0. The van der Waals surface area contributed by atoms with Crippen LogP contribution in [0.2, 0.25) is 0 Å². The Bertz CT molecular complexity index is 727. The van der Waals surface area contributed by atoms with Crippen molar-refractivity contribution in [1.29, 1.82) is 0 Å². The van der Waals surface area contributed by atoms with E-state index in [0.29, 0.717) is 12.8 Å². The zero-order valence-corrected chi connectivity index (χ0v) is 28.5. The number of rotatable bonds is 29. The Balaban J connectivity index is 9.20. The van der Waals surface area contributed by atoms with Crippen molar-refractivity contribution in [3.63, 3.8) is 0 Å². The Morgan fingerprint density at radius 2 is 0.727 bits per heavy atom. The molecule has 14 nitrogen and oxygen atoms in total. The summed E-state index contributed by atoms with van der Waals surface area (Å²) in [5.74, 6) is -13.9. The zero-order chi connectivity index (χ0) is 33.9. The average Bonchev–Trinajstić information content (AvgIpc) is 2.96. The molecule has 0 heterocycles. The van der Waals surface area contributed by atoms with E-state index in [1.54, 1.807) is 69.2 Å². The summed E-state index contributed by atoms with van der Waals surface area (Å²) in [6.45, 7) is 15.3. The van der Waals surface area contributed by atoms with Crippen LogP contribution in [0.1, 0.15) is 88.5 Å². The van der Waals surface area contributed by atoms with Gasteiger partial charge in [-0.25, -0.2) is 0 Å². The molecule has 0 aromatic rings. The summed E-state index contributed by atoms with van der Waals surface area (Å²) < 4.78 is 62.6. The molecular formula is C30H58O14. The van der Waals surface area contributed by atoms with Crippen molar-refractivity contribution >= 4 is 11.9 Å². The second-order valence-electron chi connectivity index (χ2n) is 9.29. The van der Waals surface area contributed by atoms with E-state index in [1.807, 2.05) is 0 Å². The standard InChI is InChI=1S/C30H58O14/c1-11-21-43-27(35-13-3,29(37-15-5,38-16-6)39-17-7)26(25(33)34,23-24(31)32)28(36-14-4,44-22-12-2)30(40-18-8,41-19-9)42-20-10/h11-23H2,1-10H3,(H,31,32)(H,33,34). The number of hydrogen-bond acceptors (Lipinski definition) is 12. The van der Waals surface area contributed by atoms with Crippen molar-refractivity contribution in [3.05, 3.63) is 0 Å². The van der Waals surface area contributed by atoms with Crippen LogP contribution in [0.3, 0.4) is 0 Å². The first kappa shape index (κ1) is 42.5. The van der Waals surface area contributed by atoms with Crippen molar-refractivity contribution in [2.45, 2.75) is 112 Å².